The minimum atomic E-state index is -0.508. The normalized spacial score (nSPS) is 11.7. The van der Waals surface area contributed by atoms with Crippen LogP contribution in [0.3, 0.4) is 0 Å². The van der Waals surface area contributed by atoms with Crippen molar-refractivity contribution in [3.05, 3.63) is 34.6 Å². The first kappa shape index (κ1) is 20.2. The van der Waals surface area contributed by atoms with Gasteiger partial charge in [0, 0.05) is 26.1 Å². The van der Waals surface area contributed by atoms with Crippen LogP contribution in [0.25, 0.3) is 0 Å². The molecule has 1 aromatic carbocycles. The highest BCUT2D eigenvalue weighted by atomic mass is 35.5. The Hall–Kier alpha value is -1.82. The maximum atomic E-state index is 13.4. The van der Waals surface area contributed by atoms with Gasteiger partial charge < -0.3 is 15.0 Å². The molecule has 134 valence electrons. The maximum absolute atomic E-state index is 13.4. The van der Waals surface area contributed by atoms with E-state index >= 15 is 0 Å². The Morgan fingerprint density at radius 1 is 1.42 bits per heavy atom. The number of nitrogens with one attached hydrogen (secondary N) is 1. The van der Waals surface area contributed by atoms with E-state index in [1.807, 2.05) is 6.92 Å². The highest BCUT2D eigenvalue weighted by Crippen LogP contribution is 2.19. The van der Waals surface area contributed by atoms with Crippen LogP contribution < -0.4 is 5.32 Å². The number of nitrogens with zero attached hydrogens (tertiary/aromatic N) is 1. The summed E-state index contributed by atoms with van der Waals surface area (Å²) in [5.41, 5.74) is 0.525. The Balaban J connectivity index is 2.52. The molecule has 0 aliphatic heterocycles. The molecule has 0 radical (unpaired) electrons. The highest BCUT2D eigenvalue weighted by molar-refractivity contribution is 6.31. The summed E-state index contributed by atoms with van der Waals surface area (Å²) in [5, 5.41) is 2.76. The van der Waals surface area contributed by atoms with Crippen molar-refractivity contribution in [2.45, 2.75) is 45.2 Å². The lowest BCUT2D eigenvalue weighted by Crippen LogP contribution is -2.43. The number of halogens is 2. The van der Waals surface area contributed by atoms with E-state index in [-0.39, 0.29) is 29.6 Å². The molecular weight excluding hydrogens is 335 g/mol. The molecule has 24 heavy (non-hydrogen) atoms. The van der Waals surface area contributed by atoms with Crippen LogP contribution in [0.15, 0.2) is 18.2 Å². The number of hydrogen-bond acceptors (Lipinski definition) is 3. The highest BCUT2D eigenvalue weighted by Gasteiger charge is 2.19. The van der Waals surface area contributed by atoms with Gasteiger partial charge in [0.1, 0.15) is 5.82 Å². The zero-order valence-corrected chi connectivity index (χ0v) is 15.0. The van der Waals surface area contributed by atoms with E-state index in [0.29, 0.717) is 24.8 Å². The Morgan fingerprint density at radius 3 is 2.75 bits per heavy atom. The van der Waals surface area contributed by atoms with Crippen molar-refractivity contribution >= 4 is 23.6 Å². The third-order valence-electron chi connectivity index (χ3n) is 3.95. The molecule has 0 aliphatic rings. The van der Waals surface area contributed by atoms with Crippen molar-refractivity contribution in [2.24, 2.45) is 0 Å². The van der Waals surface area contributed by atoms with Crippen LogP contribution in [-0.2, 0) is 16.1 Å². The average molecular weight is 359 g/mol. The Morgan fingerprint density at radius 2 is 2.12 bits per heavy atom. The van der Waals surface area contributed by atoms with E-state index in [9.17, 15) is 14.0 Å². The van der Waals surface area contributed by atoms with Crippen LogP contribution >= 0.6 is 11.6 Å². The van der Waals surface area contributed by atoms with Gasteiger partial charge in [0.05, 0.1) is 12.1 Å². The molecule has 0 saturated heterocycles. The lowest BCUT2D eigenvalue weighted by Gasteiger charge is -2.27. The molecule has 0 saturated carbocycles. The van der Waals surface area contributed by atoms with Gasteiger partial charge in [-0.25, -0.2) is 9.18 Å². The summed E-state index contributed by atoms with van der Waals surface area (Å²) >= 11 is 5.87. The third kappa shape index (κ3) is 6.00. The van der Waals surface area contributed by atoms with Crippen molar-refractivity contribution in [1.82, 2.24) is 10.2 Å². The molecule has 0 heterocycles. The van der Waals surface area contributed by atoms with Crippen LogP contribution in [-0.4, -0.2) is 37.1 Å². The second kappa shape index (κ2) is 10.1. The molecule has 0 fully saturated rings. The van der Waals surface area contributed by atoms with E-state index in [0.717, 1.165) is 6.42 Å². The number of urea groups is 1. The van der Waals surface area contributed by atoms with E-state index in [2.05, 4.69) is 10.1 Å². The fourth-order valence-electron chi connectivity index (χ4n) is 2.40. The molecule has 2 amide bonds. The Kier molecular flexibility index (Phi) is 8.54. The molecule has 0 aliphatic carbocycles. The maximum Gasteiger partial charge on any atom is 0.317 e. The van der Waals surface area contributed by atoms with Gasteiger partial charge in [0.15, 0.2) is 0 Å². The van der Waals surface area contributed by atoms with Gasteiger partial charge in [-0.15, -0.1) is 0 Å². The van der Waals surface area contributed by atoms with Gasteiger partial charge in [-0.1, -0.05) is 30.7 Å². The number of esters is 1. The summed E-state index contributed by atoms with van der Waals surface area (Å²) in [6.07, 6.45) is 2.46. The molecule has 0 spiro atoms. The lowest BCUT2D eigenvalue weighted by molar-refractivity contribution is -0.140. The summed E-state index contributed by atoms with van der Waals surface area (Å²) in [4.78, 5) is 25.0. The van der Waals surface area contributed by atoms with Crippen molar-refractivity contribution < 1.29 is 18.7 Å². The molecule has 7 heteroatoms. The van der Waals surface area contributed by atoms with Crippen LogP contribution in [0, 0.1) is 5.82 Å². The second-order valence-corrected chi connectivity index (χ2v) is 5.89. The van der Waals surface area contributed by atoms with Crippen molar-refractivity contribution in [1.29, 1.82) is 0 Å². The predicted molar refractivity (Wildman–Crippen MR) is 91.4 cm³/mol. The number of ether oxygens (including phenoxy) is 1. The molecule has 5 nitrogen and oxygen atoms in total. The fourth-order valence-corrected chi connectivity index (χ4v) is 2.59. The minimum Gasteiger partial charge on any atom is -0.469 e. The van der Waals surface area contributed by atoms with Crippen LogP contribution in [0.1, 0.15) is 38.2 Å². The first-order valence-electron chi connectivity index (χ1n) is 7.91. The monoisotopic (exact) mass is 358 g/mol. The van der Waals surface area contributed by atoms with E-state index in [1.54, 1.807) is 24.1 Å². The summed E-state index contributed by atoms with van der Waals surface area (Å²) in [6, 6.07) is 4.24. The Labute approximate surface area is 147 Å². The number of hydrogen-bond donors (Lipinski definition) is 1. The standard InChI is InChI=1S/C17H24ClFN2O3/c1-4-13(8-6-10-15(22)24-3)21(2)17(23)20-11-12-7-5-9-14(19)16(12)18/h5,7,9,13H,4,6,8,10-11H2,1-3H3,(H,20,23). The van der Waals surface area contributed by atoms with E-state index < -0.39 is 5.82 Å². The smallest absolute Gasteiger partial charge is 0.317 e. The van der Waals surface area contributed by atoms with Crippen LogP contribution in [0.2, 0.25) is 5.02 Å². The largest absolute Gasteiger partial charge is 0.469 e. The van der Waals surface area contributed by atoms with Crippen molar-refractivity contribution in [3.63, 3.8) is 0 Å². The first-order valence-corrected chi connectivity index (χ1v) is 8.28. The minimum absolute atomic E-state index is 0.0117. The summed E-state index contributed by atoms with van der Waals surface area (Å²) in [5.74, 6) is -0.760. The molecule has 1 atom stereocenters. The predicted octanol–water partition coefficient (Wildman–Crippen LogP) is 3.74. The van der Waals surface area contributed by atoms with Gasteiger partial charge in [0.25, 0.3) is 0 Å². The van der Waals surface area contributed by atoms with Gasteiger partial charge in [-0.05, 0) is 30.9 Å². The van der Waals surface area contributed by atoms with E-state index in [4.69, 9.17) is 11.6 Å². The number of amides is 2. The topological polar surface area (TPSA) is 58.6 Å². The van der Waals surface area contributed by atoms with Gasteiger partial charge in [-0.2, -0.15) is 0 Å². The molecule has 0 aromatic heterocycles. The number of methoxy groups -OCH3 is 1. The molecule has 1 N–H and O–H groups in total. The first-order chi connectivity index (χ1) is 11.4. The Bertz CT molecular complexity index is 569. The van der Waals surface area contributed by atoms with Gasteiger partial charge in [0.2, 0.25) is 0 Å². The fraction of sp³-hybridized carbons (Fsp3) is 0.529. The molecular formula is C17H24ClFN2O3. The van der Waals surface area contributed by atoms with Gasteiger partial charge in [-0.3, -0.25) is 4.79 Å². The SMILES string of the molecule is CCC(CCCC(=O)OC)N(C)C(=O)NCc1cccc(F)c1Cl. The summed E-state index contributed by atoms with van der Waals surface area (Å²) in [7, 11) is 3.06. The van der Waals surface area contributed by atoms with Crippen LogP contribution in [0.5, 0.6) is 0 Å². The molecule has 1 aromatic rings. The van der Waals surface area contributed by atoms with Crippen molar-refractivity contribution in [3.8, 4) is 0 Å². The van der Waals surface area contributed by atoms with Crippen LogP contribution in [0.4, 0.5) is 9.18 Å². The number of benzene rings is 1. The number of carbonyl (C=O) groups is 2. The van der Waals surface area contributed by atoms with Gasteiger partial charge >= 0.3 is 12.0 Å². The number of carbonyl (C=O) groups excluding carboxylic acids is 2. The zero-order valence-electron chi connectivity index (χ0n) is 14.3. The molecule has 1 rings (SSSR count). The quantitative estimate of drug-likeness (QED) is 0.720. The average Bonchev–Trinajstić information content (AvgIpc) is 2.58. The van der Waals surface area contributed by atoms with Crippen molar-refractivity contribution in [2.75, 3.05) is 14.2 Å². The molecule has 0 bridgehead atoms. The number of rotatable bonds is 8. The third-order valence-corrected chi connectivity index (χ3v) is 4.37. The lowest BCUT2D eigenvalue weighted by atomic mass is 10.1. The van der Waals surface area contributed by atoms with E-state index in [1.165, 1.54) is 13.2 Å². The molecule has 1 unspecified atom stereocenters. The zero-order chi connectivity index (χ0) is 18.1. The summed E-state index contributed by atoms with van der Waals surface area (Å²) < 4.78 is 18.0. The second-order valence-electron chi connectivity index (χ2n) is 5.51. The summed E-state index contributed by atoms with van der Waals surface area (Å²) in [6.45, 7) is 2.13.